The van der Waals surface area contributed by atoms with Gasteiger partial charge in [0.2, 0.25) is 0 Å². The van der Waals surface area contributed by atoms with Crippen molar-refractivity contribution in [3.63, 3.8) is 0 Å². The summed E-state index contributed by atoms with van der Waals surface area (Å²) in [6.07, 6.45) is 7.92. The zero-order valence-corrected chi connectivity index (χ0v) is 15.3. The summed E-state index contributed by atoms with van der Waals surface area (Å²) in [6.45, 7) is 0.696. The lowest BCUT2D eigenvalue weighted by Gasteiger charge is -2.27. The molecule has 1 aliphatic rings. The Labute approximate surface area is 157 Å². The molecule has 3 aromatic rings. The monoisotopic (exact) mass is 370 g/mol. The molecule has 4 N–H and O–H groups in total. The van der Waals surface area contributed by atoms with Crippen molar-refractivity contribution in [2.24, 2.45) is 5.73 Å². The third-order valence-corrected chi connectivity index (χ3v) is 5.13. The van der Waals surface area contributed by atoms with Crippen LogP contribution in [0.5, 0.6) is 0 Å². The highest BCUT2D eigenvalue weighted by atomic mass is 35.5. The number of benzene rings is 1. The highest BCUT2D eigenvalue weighted by molar-refractivity contribution is 6.30. The van der Waals surface area contributed by atoms with E-state index in [0.29, 0.717) is 18.6 Å². The molecule has 1 aromatic carbocycles. The van der Waals surface area contributed by atoms with Gasteiger partial charge in [0.05, 0.1) is 5.69 Å². The molecule has 0 radical (unpaired) electrons. The van der Waals surface area contributed by atoms with E-state index in [1.54, 1.807) is 10.7 Å². The number of imidazole rings is 1. The number of nitrogens with zero attached hydrogens (tertiary/aromatic N) is 3. The van der Waals surface area contributed by atoms with Crippen LogP contribution in [-0.2, 0) is 6.54 Å². The third kappa shape index (κ3) is 3.92. The van der Waals surface area contributed by atoms with E-state index in [4.69, 9.17) is 17.3 Å². The lowest BCUT2D eigenvalue weighted by Crippen LogP contribution is -2.33. The van der Waals surface area contributed by atoms with Gasteiger partial charge in [0.15, 0.2) is 5.65 Å². The van der Waals surface area contributed by atoms with E-state index in [-0.39, 0.29) is 0 Å². The lowest BCUT2D eigenvalue weighted by molar-refractivity contribution is 0.410. The molecule has 0 aliphatic heterocycles. The van der Waals surface area contributed by atoms with Gasteiger partial charge < -0.3 is 16.4 Å². The summed E-state index contributed by atoms with van der Waals surface area (Å²) in [5.41, 5.74) is 8.93. The van der Waals surface area contributed by atoms with E-state index in [9.17, 15) is 0 Å². The molecule has 4 rings (SSSR count). The fraction of sp³-hybridized carbons (Fsp3) is 0.368. The zero-order valence-electron chi connectivity index (χ0n) is 14.5. The first-order valence-electron chi connectivity index (χ1n) is 9.02. The molecule has 0 atom stereocenters. The number of hydrogen-bond acceptors (Lipinski definition) is 5. The molecule has 26 heavy (non-hydrogen) atoms. The Kier molecular flexibility index (Phi) is 4.95. The van der Waals surface area contributed by atoms with E-state index in [0.717, 1.165) is 53.4 Å². The summed E-state index contributed by atoms with van der Waals surface area (Å²) in [4.78, 5) is 4.42. The Balaban J connectivity index is 1.51. The molecular weight excluding hydrogens is 348 g/mol. The van der Waals surface area contributed by atoms with Gasteiger partial charge in [-0.2, -0.15) is 0 Å². The van der Waals surface area contributed by atoms with Crippen LogP contribution in [0, 0.1) is 0 Å². The first kappa shape index (κ1) is 17.1. The molecule has 0 unspecified atom stereocenters. The van der Waals surface area contributed by atoms with E-state index in [1.807, 2.05) is 36.5 Å². The van der Waals surface area contributed by atoms with Crippen LogP contribution in [0.1, 0.15) is 31.2 Å². The number of halogens is 1. The molecular formula is C19H23ClN6. The minimum Gasteiger partial charge on any atom is -0.378 e. The van der Waals surface area contributed by atoms with Crippen LogP contribution in [0.2, 0.25) is 5.02 Å². The zero-order chi connectivity index (χ0) is 17.9. The minimum atomic E-state index is 0.341. The molecule has 0 bridgehead atoms. The second-order valence-corrected chi connectivity index (χ2v) is 7.31. The molecule has 0 amide bonds. The summed E-state index contributed by atoms with van der Waals surface area (Å²) in [6, 6.07) is 10.6. The third-order valence-electron chi connectivity index (χ3n) is 4.88. The number of aromatic nitrogens is 3. The van der Waals surface area contributed by atoms with Crippen molar-refractivity contribution < 1.29 is 0 Å². The van der Waals surface area contributed by atoms with E-state index in [1.165, 1.54) is 0 Å². The number of rotatable bonds is 5. The van der Waals surface area contributed by atoms with Crippen molar-refractivity contribution in [2.45, 2.75) is 44.3 Å². The van der Waals surface area contributed by atoms with Crippen molar-refractivity contribution in [3.8, 4) is 0 Å². The maximum absolute atomic E-state index is 6.01. The van der Waals surface area contributed by atoms with Gasteiger partial charge >= 0.3 is 0 Å². The van der Waals surface area contributed by atoms with Gasteiger partial charge in [-0.3, -0.25) is 0 Å². The number of hydrogen-bond donors (Lipinski definition) is 3. The van der Waals surface area contributed by atoms with Gasteiger partial charge in [-0.25, -0.2) is 9.50 Å². The fourth-order valence-corrected chi connectivity index (χ4v) is 3.52. The lowest BCUT2D eigenvalue weighted by atomic mass is 9.92. The molecule has 1 saturated carbocycles. The fourth-order valence-electron chi connectivity index (χ4n) is 3.39. The van der Waals surface area contributed by atoms with Crippen LogP contribution < -0.4 is 16.4 Å². The molecule has 1 fully saturated rings. The van der Waals surface area contributed by atoms with Crippen LogP contribution >= 0.6 is 11.6 Å². The molecule has 2 aromatic heterocycles. The first-order chi connectivity index (χ1) is 12.7. The van der Waals surface area contributed by atoms with Gasteiger partial charge in [0.25, 0.3) is 0 Å². The number of anilines is 2. The maximum Gasteiger partial charge on any atom is 0.177 e. The van der Waals surface area contributed by atoms with Crippen LogP contribution in [0.4, 0.5) is 11.5 Å². The Hall–Kier alpha value is -2.31. The van der Waals surface area contributed by atoms with E-state index < -0.39 is 0 Å². The van der Waals surface area contributed by atoms with E-state index >= 15 is 0 Å². The molecule has 0 saturated heterocycles. The van der Waals surface area contributed by atoms with Crippen molar-refractivity contribution in [2.75, 3.05) is 10.6 Å². The summed E-state index contributed by atoms with van der Waals surface area (Å²) < 4.78 is 1.81. The number of fused-ring (bicyclic) bond motifs is 1. The maximum atomic E-state index is 6.01. The van der Waals surface area contributed by atoms with Crippen molar-refractivity contribution in [1.29, 1.82) is 0 Å². The summed E-state index contributed by atoms with van der Waals surface area (Å²) in [5.74, 6) is 0.856. The van der Waals surface area contributed by atoms with Crippen molar-refractivity contribution in [1.82, 2.24) is 14.6 Å². The van der Waals surface area contributed by atoms with Gasteiger partial charge in [-0.05, 0) is 43.4 Å². The number of nitrogens with two attached hydrogens (primary N) is 1. The van der Waals surface area contributed by atoms with Gasteiger partial charge in [0.1, 0.15) is 5.82 Å². The van der Waals surface area contributed by atoms with Crippen molar-refractivity contribution in [3.05, 3.63) is 53.3 Å². The second-order valence-electron chi connectivity index (χ2n) is 6.87. The van der Waals surface area contributed by atoms with Gasteiger partial charge in [0, 0.05) is 42.1 Å². The van der Waals surface area contributed by atoms with Gasteiger partial charge in [-0.1, -0.05) is 23.7 Å². The predicted molar refractivity (Wildman–Crippen MR) is 106 cm³/mol. The smallest absolute Gasteiger partial charge is 0.177 e. The van der Waals surface area contributed by atoms with Crippen LogP contribution in [0.25, 0.3) is 5.65 Å². The highest BCUT2D eigenvalue weighted by Gasteiger charge is 2.19. The summed E-state index contributed by atoms with van der Waals surface area (Å²) >= 11 is 5.96. The Morgan fingerprint density at radius 2 is 1.92 bits per heavy atom. The molecule has 2 heterocycles. The Bertz CT molecular complexity index is 867. The number of nitrogens with one attached hydrogen (secondary N) is 2. The second kappa shape index (κ2) is 7.51. The average molecular weight is 371 g/mol. The molecule has 7 heteroatoms. The van der Waals surface area contributed by atoms with Crippen LogP contribution in [0.3, 0.4) is 0 Å². The largest absolute Gasteiger partial charge is 0.378 e. The summed E-state index contributed by atoms with van der Waals surface area (Å²) in [7, 11) is 0. The van der Waals surface area contributed by atoms with Crippen LogP contribution in [-0.4, -0.2) is 26.7 Å². The predicted octanol–water partition coefficient (Wildman–Crippen LogP) is 3.68. The molecule has 1 aliphatic carbocycles. The molecule has 136 valence electrons. The minimum absolute atomic E-state index is 0.341. The van der Waals surface area contributed by atoms with Crippen LogP contribution in [0.15, 0.2) is 42.7 Å². The molecule has 6 nitrogen and oxygen atoms in total. The Morgan fingerprint density at radius 3 is 2.69 bits per heavy atom. The average Bonchev–Trinajstić information content (AvgIpc) is 3.12. The summed E-state index contributed by atoms with van der Waals surface area (Å²) in [5, 5.41) is 12.4. The SMILES string of the molecule is NC1CCC(Nc2cc(NCc3ccc(Cl)cc3)c3nccn3n2)CC1. The highest BCUT2D eigenvalue weighted by Crippen LogP contribution is 2.24. The first-order valence-corrected chi connectivity index (χ1v) is 9.40. The van der Waals surface area contributed by atoms with E-state index in [2.05, 4.69) is 20.7 Å². The topological polar surface area (TPSA) is 80.3 Å². The Morgan fingerprint density at radius 1 is 1.15 bits per heavy atom. The molecule has 0 spiro atoms. The quantitative estimate of drug-likeness (QED) is 0.638. The standard InChI is InChI=1S/C19H23ClN6/c20-14-3-1-13(2-4-14)12-23-17-11-18(25-26-10-9-22-19(17)26)24-16-7-5-15(21)6-8-16/h1-4,9-11,15-16,23H,5-8,12,21H2,(H,24,25). The van der Waals surface area contributed by atoms with Gasteiger partial charge in [-0.15, -0.1) is 5.10 Å². The normalized spacial score (nSPS) is 20.2. The van der Waals surface area contributed by atoms with Crippen molar-refractivity contribution >= 4 is 28.8 Å².